The Kier molecular flexibility index (Phi) is 4.90. The number of piperidine rings is 1. The first-order chi connectivity index (χ1) is 9.33. The van der Waals surface area contributed by atoms with Crippen molar-refractivity contribution in [3.8, 4) is 0 Å². The van der Waals surface area contributed by atoms with E-state index in [0.717, 1.165) is 12.8 Å². The number of likely N-dealkylation sites (tertiary alicyclic amines) is 1. The molecule has 1 heterocycles. The molecule has 0 bridgehead atoms. The van der Waals surface area contributed by atoms with E-state index in [1.54, 1.807) is 4.90 Å². The van der Waals surface area contributed by atoms with Crippen LogP contribution < -0.4 is 10.5 Å². The van der Waals surface area contributed by atoms with Gasteiger partial charge in [0.2, 0.25) is 10.0 Å². The third kappa shape index (κ3) is 4.63. The molecule has 0 radical (unpaired) electrons. The van der Waals surface area contributed by atoms with Crippen LogP contribution in [-0.2, 0) is 10.0 Å². The minimum atomic E-state index is -3.41. The zero-order chi connectivity index (χ0) is 14.8. The Morgan fingerprint density at radius 1 is 1.25 bits per heavy atom. The van der Waals surface area contributed by atoms with Gasteiger partial charge in [0, 0.05) is 19.1 Å². The number of nitrogens with two attached hydrogens (primary N) is 1. The first-order valence-corrected chi connectivity index (χ1v) is 9.11. The zero-order valence-corrected chi connectivity index (χ0v) is 12.9. The molecule has 0 spiro atoms. The number of hydrogen-bond acceptors (Lipinski definition) is 3. The fraction of sp³-hybridized carbons (Fsp3) is 0.923. The van der Waals surface area contributed by atoms with Gasteiger partial charge in [0.15, 0.2) is 0 Å². The summed E-state index contributed by atoms with van der Waals surface area (Å²) in [6, 6.07) is 0.304. The van der Waals surface area contributed by atoms with Gasteiger partial charge in [0.1, 0.15) is 0 Å². The smallest absolute Gasteiger partial charge is 0.317 e. The molecule has 0 aromatic carbocycles. The van der Waals surface area contributed by atoms with E-state index in [0.29, 0.717) is 37.9 Å². The van der Waals surface area contributed by atoms with Gasteiger partial charge in [-0.15, -0.1) is 0 Å². The third-order valence-corrected chi connectivity index (χ3v) is 5.33. The topological polar surface area (TPSA) is 92.5 Å². The maximum absolute atomic E-state index is 12.1. The number of urea groups is 1. The molecule has 3 N–H and O–H groups in total. The van der Waals surface area contributed by atoms with Gasteiger partial charge in [0.25, 0.3) is 0 Å². The minimum absolute atomic E-state index is 0.00171. The van der Waals surface area contributed by atoms with Crippen LogP contribution in [0, 0.1) is 11.8 Å². The van der Waals surface area contributed by atoms with Crippen LogP contribution in [0.1, 0.15) is 39.0 Å². The van der Waals surface area contributed by atoms with E-state index >= 15 is 0 Å². The lowest BCUT2D eigenvalue weighted by atomic mass is 9.99. The molecule has 0 aromatic rings. The lowest BCUT2D eigenvalue weighted by Gasteiger charge is -2.32. The van der Waals surface area contributed by atoms with Crippen molar-refractivity contribution in [3.63, 3.8) is 0 Å². The van der Waals surface area contributed by atoms with Gasteiger partial charge in [-0.3, -0.25) is 0 Å². The highest BCUT2D eigenvalue weighted by Crippen LogP contribution is 2.25. The Morgan fingerprint density at radius 3 is 2.40 bits per heavy atom. The molecule has 2 aliphatic rings. The maximum Gasteiger partial charge on any atom is 0.317 e. The fourth-order valence-electron chi connectivity index (χ4n) is 3.24. The summed E-state index contributed by atoms with van der Waals surface area (Å²) in [5.41, 5.74) is 0. The Morgan fingerprint density at radius 2 is 1.90 bits per heavy atom. The second kappa shape index (κ2) is 6.30. The van der Waals surface area contributed by atoms with Crippen molar-refractivity contribution < 1.29 is 13.2 Å². The summed E-state index contributed by atoms with van der Waals surface area (Å²) < 4.78 is 22.1. The van der Waals surface area contributed by atoms with Crippen LogP contribution in [0.25, 0.3) is 0 Å². The summed E-state index contributed by atoms with van der Waals surface area (Å²) in [5, 5.41) is 8.15. The van der Waals surface area contributed by atoms with Crippen LogP contribution >= 0.6 is 0 Å². The predicted octanol–water partition coefficient (Wildman–Crippen LogP) is 0.885. The fourth-order valence-corrected chi connectivity index (χ4v) is 4.23. The third-order valence-electron chi connectivity index (χ3n) is 4.39. The number of primary sulfonamides is 1. The van der Waals surface area contributed by atoms with Crippen LogP contribution in [0.5, 0.6) is 0 Å². The summed E-state index contributed by atoms with van der Waals surface area (Å²) in [7, 11) is -3.41. The molecule has 2 fully saturated rings. The van der Waals surface area contributed by atoms with E-state index in [2.05, 4.69) is 12.2 Å². The highest BCUT2D eigenvalue weighted by Gasteiger charge is 2.28. The molecular formula is C13H25N3O3S. The summed E-state index contributed by atoms with van der Waals surface area (Å²) in [6.45, 7) is 3.45. The van der Waals surface area contributed by atoms with Crippen LogP contribution in [0.15, 0.2) is 0 Å². The Hall–Kier alpha value is -0.820. The summed E-state index contributed by atoms with van der Waals surface area (Å²) >= 11 is 0. The number of sulfonamides is 1. The Bertz CT molecular complexity index is 444. The minimum Gasteiger partial charge on any atom is -0.335 e. The molecule has 7 heteroatoms. The second-order valence-electron chi connectivity index (χ2n) is 6.32. The Balaban J connectivity index is 1.74. The molecule has 20 heavy (non-hydrogen) atoms. The van der Waals surface area contributed by atoms with Gasteiger partial charge in [-0.2, -0.15) is 0 Å². The van der Waals surface area contributed by atoms with E-state index in [4.69, 9.17) is 5.14 Å². The van der Waals surface area contributed by atoms with Gasteiger partial charge >= 0.3 is 6.03 Å². The molecule has 1 saturated carbocycles. The van der Waals surface area contributed by atoms with Crippen molar-refractivity contribution in [2.24, 2.45) is 17.0 Å². The number of nitrogens with one attached hydrogen (secondary N) is 1. The van der Waals surface area contributed by atoms with Crippen molar-refractivity contribution >= 4 is 16.1 Å². The largest absolute Gasteiger partial charge is 0.335 e. The zero-order valence-electron chi connectivity index (χ0n) is 12.0. The number of carbonyl (C=O) groups excluding carboxylic acids is 1. The molecule has 1 aliphatic carbocycles. The highest BCUT2D eigenvalue weighted by molar-refractivity contribution is 7.89. The number of rotatable bonds is 3. The monoisotopic (exact) mass is 303 g/mol. The van der Waals surface area contributed by atoms with Crippen LogP contribution in [0.2, 0.25) is 0 Å². The van der Waals surface area contributed by atoms with E-state index < -0.39 is 10.0 Å². The molecule has 116 valence electrons. The molecule has 1 aliphatic heterocycles. The molecule has 0 unspecified atom stereocenters. The average molecular weight is 303 g/mol. The van der Waals surface area contributed by atoms with Gasteiger partial charge in [-0.05, 0) is 43.9 Å². The normalized spacial score (nSPS) is 28.6. The van der Waals surface area contributed by atoms with Crippen molar-refractivity contribution in [2.45, 2.75) is 45.1 Å². The van der Waals surface area contributed by atoms with Crippen LogP contribution in [0.4, 0.5) is 4.79 Å². The lowest BCUT2D eigenvalue weighted by molar-refractivity contribution is 0.171. The molecule has 1 saturated heterocycles. The van der Waals surface area contributed by atoms with Crippen molar-refractivity contribution in [2.75, 3.05) is 18.8 Å². The predicted molar refractivity (Wildman–Crippen MR) is 77.6 cm³/mol. The van der Waals surface area contributed by atoms with Crippen molar-refractivity contribution in [1.82, 2.24) is 10.2 Å². The first-order valence-electron chi connectivity index (χ1n) is 7.39. The maximum atomic E-state index is 12.1. The molecule has 2 amide bonds. The van der Waals surface area contributed by atoms with E-state index in [1.807, 2.05) is 0 Å². The standard InChI is InChI=1S/C13H25N3O3S/c1-10-2-3-12(8-10)15-13(17)16-6-4-11(5-7-16)9-20(14,18)19/h10-12H,2-9H2,1H3,(H,15,17)(H2,14,18,19)/t10-,12+/m1/s1. The molecule has 6 nitrogen and oxygen atoms in total. The second-order valence-corrected chi connectivity index (χ2v) is 7.98. The number of carbonyl (C=O) groups is 1. The lowest BCUT2D eigenvalue weighted by Crippen LogP contribution is -2.48. The number of nitrogens with zero attached hydrogens (tertiary/aromatic N) is 1. The van der Waals surface area contributed by atoms with Crippen molar-refractivity contribution in [1.29, 1.82) is 0 Å². The molecule has 0 aromatic heterocycles. The highest BCUT2D eigenvalue weighted by atomic mass is 32.2. The van der Waals surface area contributed by atoms with Crippen LogP contribution in [-0.4, -0.2) is 44.2 Å². The van der Waals surface area contributed by atoms with Gasteiger partial charge < -0.3 is 10.2 Å². The molecular weight excluding hydrogens is 278 g/mol. The first kappa shape index (κ1) is 15.6. The van der Waals surface area contributed by atoms with E-state index in [1.165, 1.54) is 6.42 Å². The van der Waals surface area contributed by atoms with E-state index in [9.17, 15) is 13.2 Å². The van der Waals surface area contributed by atoms with Crippen molar-refractivity contribution in [3.05, 3.63) is 0 Å². The average Bonchev–Trinajstić information content (AvgIpc) is 2.73. The molecule has 2 rings (SSSR count). The van der Waals surface area contributed by atoms with Gasteiger partial charge in [-0.1, -0.05) is 6.92 Å². The SMILES string of the molecule is C[C@@H]1CC[C@H](NC(=O)N2CCC(CS(N)(=O)=O)CC2)C1. The van der Waals surface area contributed by atoms with Gasteiger partial charge in [-0.25, -0.2) is 18.4 Å². The van der Waals surface area contributed by atoms with Gasteiger partial charge in [0.05, 0.1) is 5.75 Å². The number of amides is 2. The Labute approximate surface area is 121 Å². The number of hydrogen-bond donors (Lipinski definition) is 2. The summed E-state index contributed by atoms with van der Waals surface area (Å²) in [4.78, 5) is 13.9. The molecule has 2 atom stereocenters. The van der Waals surface area contributed by atoms with E-state index in [-0.39, 0.29) is 17.7 Å². The van der Waals surface area contributed by atoms with Crippen LogP contribution in [0.3, 0.4) is 0 Å². The summed E-state index contributed by atoms with van der Waals surface area (Å²) in [5.74, 6) is 0.809. The summed E-state index contributed by atoms with van der Waals surface area (Å²) in [6.07, 6.45) is 4.74. The quantitative estimate of drug-likeness (QED) is 0.810.